The molecule has 21 heavy (non-hydrogen) atoms. The molecule has 1 atom stereocenters. The number of nitrogens with zero attached hydrogens (tertiary/aromatic N) is 4. The van der Waals surface area contributed by atoms with Crippen LogP contribution in [0.1, 0.15) is 23.2 Å². The number of likely N-dealkylation sites (N-methyl/N-ethyl adjacent to an activating group) is 1. The maximum Gasteiger partial charge on any atom is 0.145 e. The van der Waals surface area contributed by atoms with Crippen molar-refractivity contribution in [1.82, 2.24) is 19.8 Å². The Morgan fingerprint density at radius 3 is 2.76 bits per heavy atom. The van der Waals surface area contributed by atoms with Gasteiger partial charge >= 0.3 is 0 Å². The molecule has 0 amide bonds. The Bertz CT molecular complexity index is 669. The van der Waals surface area contributed by atoms with Crippen LogP contribution in [-0.4, -0.2) is 52.5 Å². The lowest BCUT2D eigenvalue weighted by Gasteiger charge is -2.37. The summed E-state index contributed by atoms with van der Waals surface area (Å²) in [7, 11) is 2.18. The molecule has 0 N–H and O–H groups in total. The quantitative estimate of drug-likeness (QED) is 0.795. The van der Waals surface area contributed by atoms with Crippen LogP contribution in [0.15, 0.2) is 0 Å². The Kier molecular flexibility index (Phi) is 4.19. The van der Waals surface area contributed by atoms with Crippen LogP contribution >= 0.6 is 22.9 Å². The standard InChI is InChI=1S/C15H21ClN4S/c1-9-7-20(6-5-19(9)4)8-12-17-14(16)13-10(2)11(3)21-15(13)18-12/h9H,5-8H2,1-4H3. The maximum absolute atomic E-state index is 6.38. The molecule has 0 spiro atoms. The summed E-state index contributed by atoms with van der Waals surface area (Å²) in [6.07, 6.45) is 0. The van der Waals surface area contributed by atoms with E-state index in [4.69, 9.17) is 16.6 Å². The molecule has 1 aliphatic rings. The van der Waals surface area contributed by atoms with Gasteiger partial charge in [0.05, 0.1) is 11.9 Å². The fourth-order valence-electron chi connectivity index (χ4n) is 2.78. The first-order valence-corrected chi connectivity index (χ1v) is 8.50. The predicted molar refractivity (Wildman–Crippen MR) is 89.3 cm³/mol. The maximum atomic E-state index is 6.38. The predicted octanol–water partition coefficient (Wildman–Crippen LogP) is 3.10. The van der Waals surface area contributed by atoms with Gasteiger partial charge in [0.1, 0.15) is 15.8 Å². The van der Waals surface area contributed by atoms with Crippen molar-refractivity contribution >= 4 is 33.2 Å². The second-order valence-electron chi connectivity index (χ2n) is 5.96. The molecular weight excluding hydrogens is 304 g/mol. The summed E-state index contributed by atoms with van der Waals surface area (Å²) in [5, 5.41) is 1.62. The molecule has 2 aromatic heterocycles. The van der Waals surface area contributed by atoms with Gasteiger partial charge in [0.2, 0.25) is 0 Å². The molecule has 1 unspecified atom stereocenters. The van der Waals surface area contributed by atoms with Crippen molar-refractivity contribution in [3.8, 4) is 0 Å². The van der Waals surface area contributed by atoms with E-state index >= 15 is 0 Å². The van der Waals surface area contributed by atoms with E-state index in [-0.39, 0.29) is 0 Å². The largest absolute Gasteiger partial charge is 0.301 e. The molecule has 3 heterocycles. The number of piperazine rings is 1. The fraction of sp³-hybridized carbons (Fsp3) is 0.600. The summed E-state index contributed by atoms with van der Waals surface area (Å²) in [4.78, 5) is 16.3. The SMILES string of the molecule is Cc1sc2nc(CN3CCN(C)C(C)C3)nc(Cl)c2c1C. The third kappa shape index (κ3) is 2.93. The van der Waals surface area contributed by atoms with Crippen molar-refractivity contribution in [2.24, 2.45) is 0 Å². The fourth-order valence-corrected chi connectivity index (χ4v) is 4.21. The lowest BCUT2D eigenvalue weighted by atomic mass is 10.2. The van der Waals surface area contributed by atoms with Crippen LogP contribution in [-0.2, 0) is 6.54 Å². The van der Waals surface area contributed by atoms with E-state index in [9.17, 15) is 0 Å². The van der Waals surface area contributed by atoms with Crippen molar-refractivity contribution in [1.29, 1.82) is 0 Å². The molecule has 6 heteroatoms. The van der Waals surface area contributed by atoms with Gasteiger partial charge in [-0.3, -0.25) is 4.90 Å². The van der Waals surface area contributed by atoms with E-state index in [1.165, 1.54) is 10.4 Å². The van der Waals surface area contributed by atoms with Gasteiger partial charge < -0.3 is 4.90 Å². The molecule has 0 bridgehead atoms. The van der Waals surface area contributed by atoms with Crippen molar-refractivity contribution in [2.75, 3.05) is 26.7 Å². The number of aryl methyl sites for hydroxylation is 2. The third-order valence-corrected chi connectivity index (χ3v) is 5.81. The van der Waals surface area contributed by atoms with E-state index in [2.05, 4.69) is 42.6 Å². The molecule has 0 aliphatic carbocycles. The molecule has 0 radical (unpaired) electrons. The first-order chi connectivity index (χ1) is 9.95. The summed E-state index contributed by atoms with van der Waals surface area (Å²) in [5.74, 6) is 0.838. The number of thiophene rings is 1. The minimum absolute atomic E-state index is 0.573. The topological polar surface area (TPSA) is 32.3 Å². The van der Waals surface area contributed by atoms with Gasteiger partial charge in [-0.25, -0.2) is 9.97 Å². The van der Waals surface area contributed by atoms with Gasteiger partial charge in [0.25, 0.3) is 0 Å². The molecule has 114 valence electrons. The molecule has 2 aromatic rings. The number of aromatic nitrogens is 2. The Balaban J connectivity index is 1.85. The van der Waals surface area contributed by atoms with E-state index in [0.29, 0.717) is 11.2 Å². The Labute approximate surface area is 134 Å². The van der Waals surface area contributed by atoms with E-state index in [1.807, 2.05) is 0 Å². The number of hydrogen-bond acceptors (Lipinski definition) is 5. The van der Waals surface area contributed by atoms with Gasteiger partial charge in [0.15, 0.2) is 0 Å². The van der Waals surface area contributed by atoms with Crippen molar-refractivity contribution < 1.29 is 0 Å². The van der Waals surface area contributed by atoms with Gasteiger partial charge in [-0.15, -0.1) is 11.3 Å². The average Bonchev–Trinajstić information content (AvgIpc) is 2.70. The van der Waals surface area contributed by atoms with E-state index < -0.39 is 0 Å². The van der Waals surface area contributed by atoms with Gasteiger partial charge in [-0.1, -0.05) is 11.6 Å². The zero-order valence-corrected chi connectivity index (χ0v) is 14.6. The van der Waals surface area contributed by atoms with Gasteiger partial charge in [-0.2, -0.15) is 0 Å². The Morgan fingerprint density at radius 1 is 1.29 bits per heavy atom. The second-order valence-corrected chi connectivity index (χ2v) is 7.52. The van der Waals surface area contributed by atoms with Crippen LogP contribution in [0.25, 0.3) is 10.2 Å². The molecule has 1 fully saturated rings. The molecule has 1 saturated heterocycles. The smallest absolute Gasteiger partial charge is 0.145 e. The first-order valence-electron chi connectivity index (χ1n) is 7.30. The zero-order valence-electron chi connectivity index (χ0n) is 13.0. The normalized spacial score (nSPS) is 21.3. The molecular formula is C15H21ClN4S. The summed E-state index contributed by atoms with van der Waals surface area (Å²) in [6.45, 7) is 10.4. The average molecular weight is 325 g/mol. The number of fused-ring (bicyclic) bond motifs is 1. The van der Waals surface area contributed by atoms with Crippen LogP contribution in [0.3, 0.4) is 0 Å². The van der Waals surface area contributed by atoms with Crippen LogP contribution < -0.4 is 0 Å². The number of halogens is 1. The summed E-state index contributed by atoms with van der Waals surface area (Å²) in [6, 6.07) is 0.573. The summed E-state index contributed by atoms with van der Waals surface area (Å²) >= 11 is 8.09. The van der Waals surface area contributed by atoms with Gasteiger partial charge in [-0.05, 0) is 33.4 Å². The minimum Gasteiger partial charge on any atom is -0.301 e. The zero-order chi connectivity index (χ0) is 15.1. The molecule has 1 aliphatic heterocycles. The molecule has 3 rings (SSSR count). The monoisotopic (exact) mass is 324 g/mol. The minimum atomic E-state index is 0.573. The van der Waals surface area contributed by atoms with Crippen LogP contribution in [0, 0.1) is 13.8 Å². The van der Waals surface area contributed by atoms with Crippen LogP contribution in [0.2, 0.25) is 5.15 Å². The third-order valence-electron chi connectivity index (χ3n) is 4.44. The lowest BCUT2D eigenvalue weighted by molar-refractivity contribution is 0.0981. The van der Waals surface area contributed by atoms with Crippen molar-refractivity contribution in [3.63, 3.8) is 0 Å². The molecule has 0 aromatic carbocycles. The highest BCUT2D eigenvalue weighted by Gasteiger charge is 2.22. The number of hydrogen-bond donors (Lipinski definition) is 0. The highest BCUT2D eigenvalue weighted by atomic mass is 35.5. The summed E-state index contributed by atoms with van der Waals surface area (Å²) in [5.41, 5.74) is 1.21. The van der Waals surface area contributed by atoms with E-state index in [0.717, 1.165) is 42.2 Å². The Morgan fingerprint density at radius 2 is 2.05 bits per heavy atom. The highest BCUT2D eigenvalue weighted by Crippen LogP contribution is 2.33. The second kappa shape index (κ2) is 5.80. The molecule has 4 nitrogen and oxygen atoms in total. The Hall–Kier alpha value is -0.750. The van der Waals surface area contributed by atoms with Crippen LogP contribution in [0.4, 0.5) is 0 Å². The number of rotatable bonds is 2. The van der Waals surface area contributed by atoms with Crippen molar-refractivity contribution in [3.05, 3.63) is 21.4 Å². The first kappa shape index (κ1) is 15.2. The van der Waals surface area contributed by atoms with Gasteiger partial charge in [0, 0.05) is 30.6 Å². The summed E-state index contributed by atoms with van der Waals surface area (Å²) < 4.78 is 0. The highest BCUT2D eigenvalue weighted by molar-refractivity contribution is 7.18. The van der Waals surface area contributed by atoms with E-state index in [1.54, 1.807) is 11.3 Å². The lowest BCUT2D eigenvalue weighted by Crippen LogP contribution is -2.49. The van der Waals surface area contributed by atoms with Crippen LogP contribution in [0.5, 0.6) is 0 Å². The molecule has 0 saturated carbocycles. The van der Waals surface area contributed by atoms with Crippen molar-refractivity contribution in [2.45, 2.75) is 33.4 Å².